The number of hydrogen-bond donors (Lipinski definition) is 2. The number of carbonyl (C=O) groups is 1. The summed E-state index contributed by atoms with van der Waals surface area (Å²) in [4.78, 5) is 18.7. The number of thioether (sulfide) groups is 1. The van der Waals surface area contributed by atoms with Crippen LogP contribution in [-0.2, 0) is 17.2 Å². The summed E-state index contributed by atoms with van der Waals surface area (Å²) >= 11 is 1.56. The molecule has 6 rings (SSSR count). The second-order valence-electron chi connectivity index (χ2n) is 10.7. The number of hydrogen-bond acceptors (Lipinski definition) is 6. The van der Waals surface area contributed by atoms with E-state index in [1.807, 2.05) is 85.3 Å². The summed E-state index contributed by atoms with van der Waals surface area (Å²) in [5, 5.41) is 12.0. The molecule has 4 aromatic carbocycles. The third-order valence-electron chi connectivity index (χ3n) is 7.26. The molecule has 1 aliphatic rings. The molecule has 216 valence electrons. The fraction of sp³-hybridized carbons (Fsp3) is 0.171. The van der Waals surface area contributed by atoms with Crippen LogP contribution in [0.5, 0.6) is 5.75 Å². The molecular weight excluding hydrogens is 554 g/mol. The third-order valence-corrected chi connectivity index (χ3v) is 8.17. The molecule has 0 aliphatic carbocycles. The van der Waals surface area contributed by atoms with Gasteiger partial charge in [0.05, 0.1) is 5.57 Å². The number of fused-ring (bicyclic) bond motifs is 1. The van der Waals surface area contributed by atoms with Crippen LogP contribution in [0, 0.1) is 13.8 Å². The fourth-order valence-electron chi connectivity index (χ4n) is 5.06. The maximum absolute atomic E-state index is 13.9. The van der Waals surface area contributed by atoms with Crippen molar-refractivity contribution >= 4 is 29.3 Å². The van der Waals surface area contributed by atoms with E-state index in [4.69, 9.17) is 14.8 Å². The van der Waals surface area contributed by atoms with Crippen LogP contribution in [0.4, 0.5) is 11.6 Å². The average molecular weight is 588 g/mol. The molecule has 5 aromatic rings. The van der Waals surface area contributed by atoms with Crippen molar-refractivity contribution in [1.29, 1.82) is 0 Å². The molecule has 1 unspecified atom stereocenters. The number of amides is 1. The highest BCUT2D eigenvalue weighted by atomic mass is 32.2. The van der Waals surface area contributed by atoms with E-state index in [0.29, 0.717) is 29.0 Å². The Morgan fingerprint density at radius 2 is 1.67 bits per heavy atom. The number of aromatic nitrogens is 3. The van der Waals surface area contributed by atoms with Crippen LogP contribution in [0.15, 0.2) is 120 Å². The van der Waals surface area contributed by atoms with Crippen molar-refractivity contribution in [2.45, 2.75) is 44.3 Å². The molecule has 1 aromatic heterocycles. The minimum atomic E-state index is -0.512. The Kier molecular flexibility index (Phi) is 8.29. The van der Waals surface area contributed by atoms with Gasteiger partial charge in [-0.2, -0.15) is 4.98 Å². The van der Waals surface area contributed by atoms with E-state index < -0.39 is 6.04 Å². The number of rotatable bonds is 9. The summed E-state index contributed by atoms with van der Waals surface area (Å²) in [5.74, 6) is 1.85. The van der Waals surface area contributed by atoms with Crippen molar-refractivity contribution in [1.82, 2.24) is 14.8 Å². The van der Waals surface area contributed by atoms with E-state index in [9.17, 15) is 4.79 Å². The smallest absolute Gasteiger partial charge is 0.255 e. The highest BCUT2D eigenvalue weighted by molar-refractivity contribution is 7.98. The Labute approximate surface area is 256 Å². The SMILES string of the molecule is CC1=C(C(=O)Nc2cccc(C)c2)C(c2cccc(OCc3ccc(C)cc3)c2)n2nc(SCc3ccccc3)nc2N1. The van der Waals surface area contributed by atoms with Crippen molar-refractivity contribution in [3.8, 4) is 5.75 Å². The lowest BCUT2D eigenvalue weighted by Gasteiger charge is -2.29. The Bertz CT molecular complexity index is 1780. The van der Waals surface area contributed by atoms with Gasteiger partial charge >= 0.3 is 0 Å². The Morgan fingerprint density at radius 3 is 2.47 bits per heavy atom. The molecule has 1 amide bonds. The van der Waals surface area contributed by atoms with Gasteiger partial charge in [-0.25, -0.2) is 4.68 Å². The van der Waals surface area contributed by atoms with Crippen LogP contribution in [0.2, 0.25) is 0 Å². The molecule has 1 aliphatic heterocycles. The molecule has 0 radical (unpaired) electrons. The first kappa shape index (κ1) is 28.3. The van der Waals surface area contributed by atoms with Crippen LogP contribution < -0.4 is 15.4 Å². The van der Waals surface area contributed by atoms with Gasteiger partial charge in [-0.3, -0.25) is 4.79 Å². The van der Waals surface area contributed by atoms with Gasteiger partial charge in [0.1, 0.15) is 18.4 Å². The number of ether oxygens (including phenoxy) is 1. The normalized spacial score (nSPS) is 14.2. The molecular formula is C35H33N5O2S. The van der Waals surface area contributed by atoms with Crippen LogP contribution in [0.1, 0.15) is 40.8 Å². The zero-order chi connectivity index (χ0) is 29.8. The lowest BCUT2D eigenvalue weighted by molar-refractivity contribution is -0.113. The summed E-state index contributed by atoms with van der Waals surface area (Å²) in [7, 11) is 0. The van der Waals surface area contributed by atoms with Gasteiger partial charge in [0.15, 0.2) is 0 Å². The number of nitrogens with zero attached hydrogens (tertiary/aromatic N) is 3. The predicted molar refractivity (Wildman–Crippen MR) is 172 cm³/mol. The average Bonchev–Trinajstić information content (AvgIpc) is 3.42. The summed E-state index contributed by atoms with van der Waals surface area (Å²) < 4.78 is 8.00. The van der Waals surface area contributed by atoms with Crippen molar-refractivity contribution in [2.24, 2.45) is 0 Å². The first-order chi connectivity index (χ1) is 20.9. The first-order valence-electron chi connectivity index (χ1n) is 14.2. The second-order valence-corrected chi connectivity index (χ2v) is 11.6. The molecule has 0 saturated heterocycles. The molecule has 43 heavy (non-hydrogen) atoms. The van der Waals surface area contributed by atoms with Gasteiger partial charge in [-0.1, -0.05) is 96.2 Å². The standard InChI is InChI=1S/C35H33N5O2S/c1-23-15-17-26(18-16-23)21-42-30-14-8-12-28(20-30)32-31(33(41)37-29-13-7-9-24(2)19-29)25(3)36-34-38-35(39-40(32)34)43-22-27-10-5-4-6-11-27/h4-20,32H,21-22H2,1-3H3,(H,37,41)(H,36,38,39). The molecule has 2 heterocycles. The van der Waals surface area contributed by atoms with Crippen LogP contribution >= 0.6 is 11.8 Å². The number of anilines is 2. The lowest BCUT2D eigenvalue weighted by atomic mass is 9.94. The van der Waals surface area contributed by atoms with E-state index in [1.165, 1.54) is 11.1 Å². The maximum Gasteiger partial charge on any atom is 0.255 e. The summed E-state index contributed by atoms with van der Waals surface area (Å²) in [5.41, 5.74) is 7.46. The third kappa shape index (κ3) is 6.65. The number of aryl methyl sites for hydroxylation is 2. The molecule has 2 N–H and O–H groups in total. The minimum absolute atomic E-state index is 0.203. The zero-order valence-corrected chi connectivity index (χ0v) is 25.2. The van der Waals surface area contributed by atoms with E-state index in [1.54, 1.807) is 11.8 Å². The van der Waals surface area contributed by atoms with Gasteiger partial charge < -0.3 is 15.4 Å². The molecule has 7 nitrogen and oxygen atoms in total. The quantitative estimate of drug-likeness (QED) is 0.172. The van der Waals surface area contributed by atoms with E-state index in [2.05, 4.69) is 54.0 Å². The number of nitrogens with one attached hydrogen (secondary N) is 2. The van der Waals surface area contributed by atoms with Gasteiger partial charge in [0.2, 0.25) is 11.1 Å². The fourth-order valence-corrected chi connectivity index (χ4v) is 5.85. The van der Waals surface area contributed by atoms with E-state index >= 15 is 0 Å². The van der Waals surface area contributed by atoms with Crippen LogP contribution in [0.3, 0.4) is 0 Å². The highest BCUT2D eigenvalue weighted by Gasteiger charge is 2.34. The van der Waals surface area contributed by atoms with Crippen molar-refractivity contribution in [3.05, 3.63) is 142 Å². The van der Waals surface area contributed by atoms with Gasteiger partial charge in [-0.15, -0.1) is 5.10 Å². The number of benzene rings is 4. The molecule has 0 bridgehead atoms. The molecule has 0 saturated carbocycles. The van der Waals surface area contributed by atoms with Gasteiger partial charge in [0.25, 0.3) is 5.91 Å². The predicted octanol–water partition coefficient (Wildman–Crippen LogP) is 7.69. The highest BCUT2D eigenvalue weighted by Crippen LogP contribution is 2.38. The lowest BCUT2D eigenvalue weighted by Crippen LogP contribution is -2.31. The number of allylic oxidation sites excluding steroid dienone is 1. The molecule has 0 fully saturated rings. The maximum atomic E-state index is 13.9. The summed E-state index contributed by atoms with van der Waals surface area (Å²) in [6.07, 6.45) is 0. The van der Waals surface area contributed by atoms with Crippen molar-refractivity contribution < 1.29 is 9.53 Å². The first-order valence-corrected chi connectivity index (χ1v) is 15.2. The van der Waals surface area contributed by atoms with Crippen LogP contribution in [0.25, 0.3) is 0 Å². The molecule has 8 heteroatoms. The van der Waals surface area contributed by atoms with Crippen LogP contribution in [-0.4, -0.2) is 20.7 Å². The molecule has 1 atom stereocenters. The monoisotopic (exact) mass is 587 g/mol. The number of carbonyl (C=O) groups excluding carboxylic acids is 1. The Hall–Kier alpha value is -4.82. The van der Waals surface area contributed by atoms with E-state index in [0.717, 1.165) is 33.8 Å². The zero-order valence-electron chi connectivity index (χ0n) is 24.4. The summed E-state index contributed by atoms with van der Waals surface area (Å²) in [6, 6.07) is 33.7. The largest absolute Gasteiger partial charge is 0.489 e. The van der Waals surface area contributed by atoms with Crippen molar-refractivity contribution in [3.63, 3.8) is 0 Å². The van der Waals surface area contributed by atoms with Gasteiger partial charge in [0, 0.05) is 17.1 Å². The van der Waals surface area contributed by atoms with Gasteiger partial charge in [-0.05, 0) is 67.3 Å². The summed E-state index contributed by atoms with van der Waals surface area (Å²) in [6.45, 7) is 6.42. The molecule has 0 spiro atoms. The minimum Gasteiger partial charge on any atom is -0.489 e. The Balaban J connectivity index is 1.33. The topological polar surface area (TPSA) is 81.1 Å². The second kappa shape index (κ2) is 12.6. The van der Waals surface area contributed by atoms with Crippen molar-refractivity contribution in [2.75, 3.05) is 10.6 Å². The van der Waals surface area contributed by atoms with E-state index in [-0.39, 0.29) is 5.91 Å². The Morgan fingerprint density at radius 1 is 0.884 bits per heavy atom.